The maximum absolute atomic E-state index is 12.3. The zero-order valence-electron chi connectivity index (χ0n) is 15.2. The van der Waals surface area contributed by atoms with Crippen LogP contribution in [0.5, 0.6) is 5.75 Å². The highest BCUT2D eigenvalue weighted by molar-refractivity contribution is 6.30. The summed E-state index contributed by atoms with van der Waals surface area (Å²) in [4.78, 5) is 12.3. The number of aryl methyl sites for hydroxylation is 2. The Morgan fingerprint density at radius 3 is 2.67 bits per heavy atom. The second kappa shape index (κ2) is 10.3. The van der Waals surface area contributed by atoms with Crippen molar-refractivity contribution in [1.29, 1.82) is 5.26 Å². The molecule has 0 saturated heterocycles. The molecule has 0 saturated carbocycles. The Morgan fingerprint density at radius 1 is 1.30 bits per heavy atom. The third-order valence-electron chi connectivity index (χ3n) is 4.10. The Hall–Kier alpha value is -2.95. The highest BCUT2D eigenvalue weighted by Crippen LogP contribution is 2.22. The van der Waals surface area contributed by atoms with Crippen molar-refractivity contribution in [3.63, 3.8) is 0 Å². The smallest absolute Gasteiger partial charge is 0.221 e. The third-order valence-corrected chi connectivity index (χ3v) is 4.35. The van der Waals surface area contributed by atoms with Gasteiger partial charge in [0, 0.05) is 11.4 Å². The van der Waals surface area contributed by atoms with Gasteiger partial charge in [-0.15, -0.1) is 6.42 Å². The van der Waals surface area contributed by atoms with Crippen LogP contribution in [0.25, 0.3) is 0 Å². The zero-order valence-corrected chi connectivity index (χ0v) is 15.9. The van der Waals surface area contributed by atoms with E-state index in [1.165, 1.54) is 0 Å². The highest BCUT2D eigenvalue weighted by atomic mass is 35.5. The predicted molar refractivity (Wildman–Crippen MR) is 106 cm³/mol. The van der Waals surface area contributed by atoms with E-state index in [2.05, 4.69) is 17.3 Å². The van der Waals surface area contributed by atoms with Crippen LogP contribution in [0.2, 0.25) is 5.02 Å². The van der Waals surface area contributed by atoms with Crippen molar-refractivity contribution in [2.24, 2.45) is 0 Å². The summed E-state index contributed by atoms with van der Waals surface area (Å²) in [6, 6.07) is 14.1. The molecule has 2 rings (SSSR count). The van der Waals surface area contributed by atoms with E-state index >= 15 is 0 Å². The largest absolute Gasteiger partial charge is 0.481 e. The van der Waals surface area contributed by atoms with Gasteiger partial charge in [0.2, 0.25) is 5.91 Å². The molecule has 27 heavy (non-hydrogen) atoms. The SMILES string of the molecule is C#CCOc1ccc(CCC(=O)NC(C#N)c2ccc(Cl)cc2)cc1CC. The van der Waals surface area contributed by atoms with Crippen LogP contribution in [-0.2, 0) is 17.6 Å². The summed E-state index contributed by atoms with van der Waals surface area (Å²) in [5, 5.41) is 12.7. The molecule has 1 atom stereocenters. The molecule has 138 valence electrons. The fraction of sp³-hybridized carbons (Fsp3) is 0.273. The predicted octanol–water partition coefficient (Wildman–Crippen LogP) is 4.23. The van der Waals surface area contributed by atoms with Crippen molar-refractivity contribution in [3.8, 4) is 24.2 Å². The van der Waals surface area contributed by atoms with Gasteiger partial charge in [-0.05, 0) is 47.7 Å². The maximum atomic E-state index is 12.3. The molecular weight excluding hydrogens is 360 g/mol. The molecule has 0 spiro atoms. The first-order chi connectivity index (χ1) is 13.1. The lowest BCUT2D eigenvalue weighted by molar-refractivity contribution is -0.121. The number of benzene rings is 2. The van der Waals surface area contributed by atoms with Crippen LogP contribution in [-0.4, -0.2) is 12.5 Å². The lowest BCUT2D eigenvalue weighted by atomic mass is 10.0. The number of nitrogens with one attached hydrogen (secondary N) is 1. The van der Waals surface area contributed by atoms with Crippen LogP contribution in [0, 0.1) is 23.7 Å². The topological polar surface area (TPSA) is 62.1 Å². The number of nitrogens with zero attached hydrogens (tertiary/aromatic N) is 1. The van der Waals surface area contributed by atoms with E-state index in [-0.39, 0.29) is 12.5 Å². The average molecular weight is 381 g/mol. The number of rotatable bonds is 8. The Balaban J connectivity index is 1.95. The monoisotopic (exact) mass is 380 g/mol. The van der Waals surface area contributed by atoms with Gasteiger partial charge in [0.05, 0.1) is 6.07 Å². The number of nitriles is 1. The van der Waals surface area contributed by atoms with E-state index in [1.54, 1.807) is 24.3 Å². The van der Waals surface area contributed by atoms with E-state index in [1.807, 2.05) is 25.1 Å². The standard InChI is InChI=1S/C22H21ClN2O2/c1-3-13-27-21-11-5-16(14-17(21)4-2)6-12-22(26)25-20(15-24)18-7-9-19(23)10-8-18/h1,5,7-11,14,20H,4,6,12-13H2,2H3,(H,25,26). The van der Waals surface area contributed by atoms with Gasteiger partial charge in [-0.3, -0.25) is 4.79 Å². The summed E-state index contributed by atoms with van der Waals surface area (Å²) in [6.07, 6.45) is 6.91. The molecule has 5 heteroatoms. The second-order valence-electron chi connectivity index (χ2n) is 5.97. The van der Waals surface area contributed by atoms with Crippen molar-refractivity contribution in [1.82, 2.24) is 5.32 Å². The van der Waals surface area contributed by atoms with Gasteiger partial charge in [-0.25, -0.2) is 0 Å². The van der Waals surface area contributed by atoms with Crippen molar-refractivity contribution in [3.05, 3.63) is 64.2 Å². The Bertz CT molecular complexity index is 863. The third kappa shape index (κ3) is 6.06. The van der Waals surface area contributed by atoms with Gasteiger partial charge >= 0.3 is 0 Å². The van der Waals surface area contributed by atoms with E-state index in [9.17, 15) is 10.1 Å². The first-order valence-corrected chi connectivity index (χ1v) is 9.07. The molecule has 2 aromatic rings. The fourth-order valence-corrected chi connectivity index (χ4v) is 2.79. The van der Waals surface area contributed by atoms with Crippen LogP contribution in [0.4, 0.5) is 0 Å². The fourth-order valence-electron chi connectivity index (χ4n) is 2.66. The minimum atomic E-state index is -0.694. The zero-order chi connectivity index (χ0) is 19.6. The number of amides is 1. The number of ether oxygens (including phenoxy) is 1. The van der Waals surface area contributed by atoms with Crippen molar-refractivity contribution < 1.29 is 9.53 Å². The van der Waals surface area contributed by atoms with Gasteiger partial charge < -0.3 is 10.1 Å². The highest BCUT2D eigenvalue weighted by Gasteiger charge is 2.14. The van der Waals surface area contributed by atoms with Gasteiger partial charge in [-0.1, -0.05) is 48.7 Å². The minimum absolute atomic E-state index is 0.179. The number of carbonyl (C=O) groups excluding carboxylic acids is 1. The summed E-state index contributed by atoms with van der Waals surface area (Å²) in [5.41, 5.74) is 2.80. The second-order valence-corrected chi connectivity index (χ2v) is 6.41. The van der Waals surface area contributed by atoms with Crippen LogP contribution in [0.3, 0.4) is 0 Å². The Morgan fingerprint density at radius 2 is 2.04 bits per heavy atom. The van der Waals surface area contributed by atoms with Crippen molar-refractivity contribution >= 4 is 17.5 Å². The molecular formula is C22H21ClN2O2. The molecule has 1 unspecified atom stereocenters. The molecule has 1 N–H and O–H groups in total. The molecule has 2 aromatic carbocycles. The molecule has 0 heterocycles. The van der Waals surface area contributed by atoms with E-state index < -0.39 is 6.04 Å². The Labute approximate surface area is 165 Å². The summed E-state index contributed by atoms with van der Waals surface area (Å²) >= 11 is 5.86. The lowest BCUT2D eigenvalue weighted by Crippen LogP contribution is -2.27. The van der Waals surface area contributed by atoms with Gasteiger partial charge in [0.25, 0.3) is 0 Å². The molecule has 1 amide bonds. The number of halogens is 1. The van der Waals surface area contributed by atoms with E-state index in [0.717, 1.165) is 23.3 Å². The van der Waals surface area contributed by atoms with Crippen LogP contribution < -0.4 is 10.1 Å². The van der Waals surface area contributed by atoms with Crippen molar-refractivity contribution in [2.45, 2.75) is 32.2 Å². The average Bonchev–Trinajstić information content (AvgIpc) is 2.69. The molecule has 4 nitrogen and oxygen atoms in total. The van der Waals surface area contributed by atoms with E-state index in [0.29, 0.717) is 23.4 Å². The number of hydrogen-bond acceptors (Lipinski definition) is 3. The molecule has 0 bridgehead atoms. The van der Waals surface area contributed by atoms with Gasteiger partial charge in [-0.2, -0.15) is 5.26 Å². The molecule has 0 aliphatic rings. The summed E-state index contributed by atoms with van der Waals surface area (Å²) < 4.78 is 5.52. The first-order valence-electron chi connectivity index (χ1n) is 8.69. The minimum Gasteiger partial charge on any atom is -0.481 e. The van der Waals surface area contributed by atoms with Crippen LogP contribution in [0.1, 0.15) is 36.1 Å². The first kappa shape index (κ1) is 20.4. The molecule has 0 fully saturated rings. The number of hydrogen-bond donors (Lipinski definition) is 1. The molecule has 0 aliphatic carbocycles. The van der Waals surface area contributed by atoms with Crippen LogP contribution >= 0.6 is 11.6 Å². The molecule has 0 aliphatic heterocycles. The van der Waals surface area contributed by atoms with Crippen LogP contribution in [0.15, 0.2) is 42.5 Å². The maximum Gasteiger partial charge on any atom is 0.221 e. The van der Waals surface area contributed by atoms with Crippen molar-refractivity contribution in [2.75, 3.05) is 6.61 Å². The lowest BCUT2D eigenvalue weighted by Gasteiger charge is -2.13. The van der Waals surface area contributed by atoms with Gasteiger partial charge in [0.1, 0.15) is 18.4 Å². The molecule has 0 aromatic heterocycles. The Kier molecular flexibility index (Phi) is 7.74. The summed E-state index contributed by atoms with van der Waals surface area (Å²) in [5.74, 6) is 3.05. The number of terminal acetylenes is 1. The molecule has 0 radical (unpaired) electrons. The summed E-state index contributed by atoms with van der Waals surface area (Å²) in [7, 11) is 0. The quantitative estimate of drug-likeness (QED) is 0.697. The number of carbonyl (C=O) groups is 1. The van der Waals surface area contributed by atoms with Gasteiger partial charge in [0.15, 0.2) is 0 Å². The normalized spacial score (nSPS) is 11.1. The van der Waals surface area contributed by atoms with E-state index in [4.69, 9.17) is 22.8 Å². The summed E-state index contributed by atoms with van der Waals surface area (Å²) in [6.45, 7) is 2.27.